The summed E-state index contributed by atoms with van der Waals surface area (Å²) in [6.45, 7) is 0.0380. The van der Waals surface area contributed by atoms with Crippen molar-refractivity contribution in [2.24, 2.45) is 0 Å². The van der Waals surface area contributed by atoms with E-state index < -0.39 is 23.8 Å². The van der Waals surface area contributed by atoms with Gasteiger partial charge in [0.2, 0.25) is 5.82 Å². The van der Waals surface area contributed by atoms with Crippen LogP contribution in [0.15, 0.2) is 53.7 Å². The van der Waals surface area contributed by atoms with Gasteiger partial charge in [0.05, 0.1) is 35.1 Å². The summed E-state index contributed by atoms with van der Waals surface area (Å²) in [7, 11) is 0. The van der Waals surface area contributed by atoms with Crippen molar-refractivity contribution < 1.29 is 30.9 Å². The molecule has 0 aliphatic heterocycles. The molecule has 0 aliphatic carbocycles. The van der Waals surface area contributed by atoms with Crippen LogP contribution in [0.1, 0.15) is 16.3 Å². The number of alkyl halides is 6. The first-order chi connectivity index (χ1) is 15.1. The molecule has 0 N–H and O–H groups in total. The second kappa shape index (κ2) is 8.18. The van der Waals surface area contributed by atoms with Crippen LogP contribution < -0.4 is 4.90 Å². The summed E-state index contributed by atoms with van der Waals surface area (Å²) < 4.78 is 81.7. The maximum atomic E-state index is 13.2. The molecule has 4 heterocycles. The van der Waals surface area contributed by atoms with Gasteiger partial charge in [-0.1, -0.05) is 5.16 Å². The SMILES string of the molecule is FC(F)(F)c1cncc(N(Cc2ccc(-c3noc(C(F)(F)F)n3)s2)c2cnccn2)c1. The Balaban J connectivity index is 1.66. The largest absolute Gasteiger partial charge is 0.471 e. The van der Waals surface area contributed by atoms with Crippen LogP contribution in [0.4, 0.5) is 37.8 Å². The third-order valence-corrected chi connectivity index (χ3v) is 5.12. The van der Waals surface area contributed by atoms with Gasteiger partial charge in [-0.2, -0.15) is 31.3 Å². The number of anilines is 2. The number of thiophene rings is 1. The lowest BCUT2D eigenvalue weighted by Crippen LogP contribution is -2.18. The minimum atomic E-state index is -4.77. The van der Waals surface area contributed by atoms with Crippen LogP contribution in [-0.2, 0) is 18.9 Å². The molecule has 4 rings (SSSR count). The molecular formula is C18H10F6N6OS. The number of hydrogen-bond acceptors (Lipinski definition) is 8. The molecule has 0 unspecified atom stereocenters. The van der Waals surface area contributed by atoms with Gasteiger partial charge in [0.25, 0.3) is 0 Å². The summed E-state index contributed by atoms with van der Waals surface area (Å²) in [5, 5.41) is 3.33. The first-order valence-corrected chi connectivity index (χ1v) is 9.49. The minimum Gasteiger partial charge on any atom is -0.329 e. The topological polar surface area (TPSA) is 80.8 Å². The highest BCUT2D eigenvalue weighted by atomic mass is 32.1. The van der Waals surface area contributed by atoms with E-state index >= 15 is 0 Å². The van der Waals surface area contributed by atoms with E-state index in [1.54, 1.807) is 6.07 Å². The van der Waals surface area contributed by atoms with Gasteiger partial charge in [-0.25, -0.2) is 4.98 Å². The molecule has 0 amide bonds. The third kappa shape index (κ3) is 4.69. The van der Waals surface area contributed by atoms with Gasteiger partial charge in [0.15, 0.2) is 5.82 Å². The molecule has 0 aliphatic rings. The van der Waals surface area contributed by atoms with Crippen molar-refractivity contribution in [1.29, 1.82) is 0 Å². The van der Waals surface area contributed by atoms with Gasteiger partial charge in [-0.15, -0.1) is 11.3 Å². The summed E-state index contributed by atoms with van der Waals surface area (Å²) in [5.41, 5.74) is -0.837. The van der Waals surface area contributed by atoms with Gasteiger partial charge in [-0.3, -0.25) is 9.97 Å². The lowest BCUT2D eigenvalue weighted by molar-refractivity contribution is -0.159. The van der Waals surface area contributed by atoms with Gasteiger partial charge < -0.3 is 9.42 Å². The van der Waals surface area contributed by atoms with Crippen molar-refractivity contribution in [2.75, 3.05) is 4.90 Å². The Bertz CT molecular complexity index is 1210. The Kier molecular flexibility index (Phi) is 5.54. The molecule has 32 heavy (non-hydrogen) atoms. The quantitative estimate of drug-likeness (QED) is 0.362. The fourth-order valence-corrected chi connectivity index (χ4v) is 3.57. The van der Waals surface area contributed by atoms with Crippen LogP contribution in [0, 0.1) is 0 Å². The first kappa shape index (κ1) is 21.7. The second-order valence-corrected chi connectivity index (χ2v) is 7.43. The second-order valence-electron chi connectivity index (χ2n) is 6.27. The van der Waals surface area contributed by atoms with Crippen LogP contribution in [0.2, 0.25) is 0 Å². The fraction of sp³-hybridized carbons (Fsp3) is 0.167. The highest BCUT2D eigenvalue weighted by Gasteiger charge is 2.38. The molecule has 0 bridgehead atoms. The zero-order valence-corrected chi connectivity index (χ0v) is 16.4. The Hall–Kier alpha value is -3.55. The molecule has 0 aromatic carbocycles. The monoisotopic (exact) mass is 472 g/mol. The van der Waals surface area contributed by atoms with E-state index in [-0.39, 0.29) is 23.9 Å². The van der Waals surface area contributed by atoms with Crippen molar-refractivity contribution in [1.82, 2.24) is 25.1 Å². The normalized spacial score (nSPS) is 12.2. The van der Waals surface area contributed by atoms with E-state index in [1.807, 2.05) is 0 Å². The molecule has 14 heteroatoms. The zero-order chi connectivity index (χ0) is 22.9. The van der Waals surface area contributed by atoms with Crippen molar-refractivity contribution in [3.05, 3.63) is 65.5 Å². The van der Waals surface area contributed by atoms with E-state index in [2.05, 4.69) is 29.6 Å². The predicted octanol–water partition coefficient (Wildman–Crippen LogP) is 5.36. The summed E-state index contributed by atoms with van der Waals surface area (Å²) in [5.74, 6) is -1.47. The molecular weight excluding hydrogens is 462 g/mol. The highest BCUT2D eigenvalue weighted by Crippen LogP contribution is 2.35. The Morgan fingerprint density at radius 2 is 1.75 bits per heavy atom. The zero-order valence-electron chi connectivity index (χ0n) is 15.6. The summed E-state index contributed by atoms with van der Waals surface area (Å²) in [6.07, 6.45) is -3.27. The summed E-state index contributed by atoms with van der Waals surface area (Å²) in [4.78, 5) is 17.4. The summed E-state index contributed by atoms with van der Waals surface area (Å²) in [6, 6.07) is 4.00. The van der Waals surface area contributed by atoms with Crippen LogP contribution in [0.3, 0.4) is 0 Å². The van der Waals surface area contributed by atoms with Crippen LogP contribution in [0.25, 0.3) is 10.7 Å². The van der Waals surface area contributed by atoms with Crippen molar-refractivity contribution >= 4 is 22.8 Å². The smallest absolute Gasteiger partial charge is 0.329 e. The number of nitrogens with zero attached hydrogens (tertiary/aromatic N) is 6. The number of rotatable bonds is 5. The molecule has 4 aromatic rings. The Morgan fingerprint density at radius 3 is 2.41 bits per heavy atom. The lowest BCUT2D eigenvalue weighted by atomic mass is 10.2. The lowest BCUT2D eigenvalue weighted by Gasteiger charge is -2.23. The van der Waals surface area contributed by atoms with Gasteiger partial charge in [0, 0.05) is 23.5 Å². The fourth-order valence-electron chi connectivity index (χ4n) is 2.64. The molecule has 0 atom stereocenters. The predicted molar refractivity (Wildman–Crippen MR) is 99.7 cm³/mol. The van der Waals surface area contributed by atoms with Crippen LogP contribution in [-0.4, -0.2) is 25.1 Å². The third-order valence-electron chi connectivity index (χ3n) is 4.05. The Labute approximate surface area is 179 Å². The average Bonchev–Trinajstić information content (AvgIpc) is 3.41. The van der Waals surface area contributed by atoms with Gasteiger partial charge in [-0.05, 0) is 18.2 Å². The molecule has 0 radical (unpaired) electrons. The van der Waals surface area contributed by atoms with Crippen molar-refractivity contribution in [3.8, 4) is 10.7 Å². The number of halogens is 6. The van der Waals surface area contributed by atoms with E-state index in [9.17, 15) is 26.3 Å². The van der Waals surface area contributed by atoms with E-state index in [1.165, 1.54) is 35.8 Å². The number of aromatic nitrogens is 5. The van der Waals surface area contributed by atoms with E-state index in [4.69, 9.17) is 0 Å². The number of hydrogen-bond donors (Lipinski definition) is 0. The summed E-state index contributed by atoms with van der Waals surface area (Å²) >= 11 is 1.05. The van der Waals surface area contributed by atoms with E-state index in [0.29, 0.717) is 16.0 Å². The minimum absolute atomic E-state index is 0.0380. The first-order valence-electron chi connectivity index (χ1n) is 8.67. The molecule has 0 saturated carbocycles. The van der Waals surface area contributed by atoms with Gasteiger partial charge in [0.1, 0.15) is 0 Å². The number of pyridine rings is 1. The Morgan fingerprint density at radius 1 is 0.938 bits per heavy atom. The van der Waals surface area contributed by atoms with Crippen LogP contribution in [0.5, 0.6) is 0 Å². The van der Waals surface area contributed by atoms with Crippen molar-refractivity contribution in [3.63, 3.8) is 0 Å². The molecule has 0 fully saturated rings. The highest BCUT2D eigenvalue weighted by molar-refractivity contribution is 7.15. The molecule has 0 spiro atoms. The molecule has 7 nitrogen and oxygen atoms in total. The van der Waals surface area contributed by atoms with Crippen molar-refractivity contribution in [2.45, 2.75) is 18.9 Å². The average molecular weight is 472 g/mol. The molecule has 4 aromatic heterocycles. The van der Waals surface area contributed by atoms with Gasteiger partial charge >= 0.3 is 18.2 Å². The van der Waals surface area contributed by atoms with E-state index in [0.717, 1.165) is 17.4 Å². The maximum absolute atomic E-state index is 13.2. The molecule has 0 saturated heterocycles. The maximum Gasteiger partial charge on any atom is 0.471 e. The molecule has 166 valence electrons. The van der Waals surface area contributed by atoms with Crippen LogP contribution >= 0.6 is 11.3 Å². The standard InChI is InChI=1S/C18H10F6N6OS/c19-17(20,21)10-5-11(7-26-6-10)30(14-8-25-3-4-27-14)9-12-1-2-13(32-12)15-28-16(31-29-15)18(22,23)24/h1-8H,9H2.